The highest BCUT2D eigenvalue weighted by Gasteiger charge is 2.08. The Hall–Kier alpha value is -2.37. The smallest absolute Gasteiger partial charge is 0.341 e. The van der Waals surface area contributed by atoms with Crippen LogP contribution in [-0.2, 0) is 6.54 Å². The maximum absolute atomic E-state index is 11.3. The van der Waals surface area contributed by atoms with Crippen LogP contribution in [0.25, 0.3) is 0 Å². The molecule has 6 nitrogen and oxygen atoms in total. The number of H-pyrrole nitrogens is 1. The van der Waals surface area contributed by atoms with Gasteiger partial charge in [-0.1, -0.05) is 0 Å². The van der Waals surface area contributed by atoms with Crippen LogP contribution in [0.3, 0.4) is 0 Å². The van der Waals surface area contributed by atoms with Gasteiger partial charge in [0, 0.05) is 18.1 Å². The first-order chi connectivity index (χ1) is 7.66. The number of hydrogen-bond donors (Lipinski definition) is 2. The van der Waals surface area contributed by atoms with E-state index in [0.717, 1.165) is 0 Å². The van der Waals surface area contributed by atoms with E-state index in [1.165, 1.54) is 6.07 Å². The molecule has 0 saturated carbocycles. The van der Waals surface area contributed by atoms with Crippen LogP contribution in [0.4, 0.5) is 0 Å². The van der Waals surface area contributed by atoms with Gasteiger partial charge in [0.25, 0.3) is 5.56 Å². The fraction of sp³-hybridized carbons (Fsp3) is 0.100. The minimum atomic E-state index is -1.23. The number of rotatable bonds is 3. The minimum absolute atomic E-state index is 0.260. The van der Waals surface area contributed by atoms with Crippen molar-refractivity contribution in [2.75, 3.05) is 0 Å². The summed E-state index contributed by atoms with van der Waals surface area (Å²) < 4.78 is 1.63. The summed E-state index contributed by atoms with van der Waals surface area (Å²) in [6.07, 6.45) is 3.38. The molecule has 0 fully saturated rings. The highest BCUT2D eigenvalue weighted by Crippen LogP contribution is 1.98. The highest BCUT2D eigenvalue weighted by molar-refractivity contribution is 5.86. The lowest BCUT2D eigenvalue weighted by atomic mass is 10.2. The molecule has 2 aromatic rings. The van der Waals surface area contributed by atoms with Crippen molar-refractivity contribution in [1.82, 2.24) is 14.8 Å². The van der Waals surface area contributed by atoms with Crippen molar-refractivity contribution in [2.24, 2.45) is 0 Å². The second kappa shape index (κ2) is 4.01. The monoisotopic (exact) mass is 219 g/mol. The summed E-state index contributed by atoms with van der Waals surface area (Å²) in [4.78, 5) is 24.5. The maximum atomic E-state index is 11.3. The van der Waals surface area contributed by atoms with E-state index in [2.05, 4.69) is 10.1 Å². The Labute approximate surface area is 90.2 Å². The van der Waals surface area contributed by atoms with Crippen molar-refractivity contribution in [2.45, 2.75) is 6.54 Å². The highest BCUT2D eigenvalue weighted by atomic mass is 16.4. The number of nitrogens with one attached hydrogen (secondary N) is 1. The number of aromatic carboxylic acids is 1. The lowest BCUT2D eigenvalue weighted by molar-refractivity contribution is 0.0695. The SMILES string of the molecule is O=C(O)c1ccc(Cn2cccn2)[nH]c1=O. The molecule has 0 bridgehead atoms. The van der Waals surface area contributed by atoms with E-state index in [1.807, 2.05) is 0 Å². The summed E-state index contributed by atoms with van der Waals surface area (Å²) in [6, 6.07) is 4.62. The van der Waals surface area contributed by atoms with Crippen molar-refractivity contribution >= 4 is 5.97 Å². The van der Waals surface area contributed by atoms with Crippen molar-refractivity contribution < 1.29 is 9.90 Å². The van der Waals surface area contributed by atoms with Gasteiger partial charge in [-0.3, -0.25) is 9.48 Å². The van der Waals surface area contributed by atoms with Gasteiger partial charge in [0.05, 0.1) is 6.54 Å². The van der Waals surface area contributed by atoms with Crippen LogP contribution in [0.15, 0.2) is 35.4 Å². The second-order valence-corrected chi connectivity index (χ2v) is 3.24. The minimum Gasteiger partial charge on any atom is -0.477 e. The molecule has 2 aromatic heterocycles. The van der Waals surface area contributed by atoms with Gasteiger partial charge in [0.2, 0.25) is 0 Å². The molecule has 82 valence electrons. The Morgan fingerprint density at radius 3 is 2.88 bits per heavy atom. The Morgan fingerprint density at radius 2 is 2.31 bits per heavy atom. The normalized spacial score (nSPS) is 10.2. The number of carbonyl (C=O) groups is 1. The molecule has 0 radical (unpaired) electrons. The van der Waals surface area contributed by atoms with E-state index in [-0.39, 0.29) is 5.56 Å². The van der Waals surface area contributed by atoms with Crippen molar-refractivity contribution in [1.29, 1.82) is 0 Å². The van der Waals surface area contributed by atoms with Crippen molar-refractivity contribution in [3.05, 3.63) is 52.2 Å². The van der Waals surface area contributed by atoms with Crippen LogP contribution in [0.5, 0.6) is 0 Å². The van der Waals surface area contributed by atoms with Crippen molar-refractivity contribution in [3.63, 3.8) is 0 Å². The summed E-state index contributed by atoms with van der Waals surface area (Å²) in [5.41, 5.74) is -0.250. The van der Waals surface area contributed by atoms with E-state index in [0.29, 0.717) is 12.2 Å². The molecule has 6 heteroatoms. The average molecular weight is 219 g/mol. The van der Waals surface area contributed by atoms with Crippen LogP contribution >= 0.6 is 0 Å². The van der Waals surface area contributed by atoms with Crippen molar-refractivity contribution in [3.8, 4) is 0 Å². The molecule has 16 heavy (non-hydrogen) atoms. The molecule has 0 aliphatic heterocycles. The Kier molecular flexibility index (Phi) is 2.55. The van der Waals surface area contributed by atoms with Gasteiger partial charge in [0.1, 0.15) is 5.56 Å². The Morgan fingerprint density at radius 1 is 1.50 bits per heavy atom. The first kappa shape index (κ1) is 10.2. The molecule has 0 amide bonds. The predicted octanol–water partition coefficient (Wildman–Crippen LogP) is 0.318. The first-order valence-electron chi connectivity index (χ1n) is 4.60. The van der Waals surface area contributed by atoms with Crippen LogP contribution in [0, 0.1) is 0 Å². The lowest BCUT2D eigenvalue weighted by Gasteiger charge is -2.02. The predicted molar refractivity (Wildman–Crippen MR) is 55.4 cm³/mol. The Balaban J connectivity index is 2.28. The van der Waals surface area contributed by atoms with Gasteiger partial charge in [0.15, 0.2) is 0 Å². The van der Waals surface area contributed by atoms with Gasteiger partial charge in [-0.2, -0.15) is 5.10 Å². The van der Waals surface area contributed by atoms with Crippen LogP contribution < -0.4 is 5.56 Å². The van der Waals surface area contributed by atoms with Crippen LogP contribution in [-0.4, -0.2) is 25.8 Å². The molecule has 0 spiro atoms. The summed E-state index contributed by atoms with van der Waals surface area (Å²) in [5.74, 6) is -1.23. The van der Waals surface area contributed by atoms with E-state index in [1.54, 1.807) is 29.2 Å². The zero-order chi connectivity index (χ0) is 11.5. The fourth-order valence-electron chi connectivity index (χ4n) is 1.34. The quantitative estimate of drug-likeness (QED) is 0.778. The molecule has 0 aliphatic rings. The molecular formula is C10H9N3O3. The molecule has 0 aliphatic carbocycles. The number of hydrogen-bond acceptors (Lipinski definition) is 3. The summed E-state index contributed by atoms with van der Waals surface area (Å²) in [5, 5.41) is 12.7. The average Bonchev–Trinajstić information content (AvgIpc) is 2.70. The first-order valence-corrected chi connectivity index (χ1v) is 4.60. The molecule has 0 aromatic carbocycles. The van der Waals surface area contributed by atoms with Crippen LogP contribution in [0.2, 0.25) is 0 Å². The zero-order valence-electron chi connectivity index (χ0n) is 8.25. The van der Waals surface area contributed by atoms with Gasteiger partial charge in [-0.15, -0.1) is 0 Å². The van der Waals surface area contributed by atoms with Gasteiger partial charge < -0.3 is 10.1 Å². The van der Waals surface area contributed by atoms with Crippen LogP contribution in [0.1, 0.15) is 16.1 Å². The fourth-order valence-corrected chi connectivity index (χ4v) is 1.34. The third kappa shape index (κ3) is 2.00. The number of pyridine rings is 1. The number of carboxylic acids is 1. The van der Waals surface area contributed by atoms with Gasteiger partial charge in [-0.25, -0.2) is 4.79 Å². The van der Waals surface area contributed by atoms with E-state index in [4.69, 9.17) is 5.11 Å². The number of carboxylic acid groups (broad SMARTS) is 1. The summed E-state index contributed by atoms with van der Waals surface area (Å²) >= 11 is 0. The molecule has 2 heterocycles. The van der Waals surface area contributed by atoms with E-state index < -0.39 is 11.5 Å². The summed E-state index contributed by atoms with van der Waals surface area (Å²) in [7, 11) is 0. The second-order valence-electron chi connectivity index (χ2n) is 3.24. The zero-order valence-corrected chi connectivity index (χ0v) is 8.25. The summed E-state index contributed by atoms with van der Waals surface area (Å²) in [6.45, 7) is 0.405. The lowest BCUT2D eigenvalue weighted by Crippen LogP contribution is -2.19. The van der Waals surface area contributed by atoms with E-state index in [9.17, 15) is 9.59 Å². The molecule has 2 N–H and O–H groups in total. The third-order valence-corrected chi connectivity index (χ3v) is 2.09. The largest absolute Gasteiger partial charge is 0.477 e. The van der Waals surface area contributed by atoms with Gasteiger partial charge >= 0.3 is 5.97 Å². The molecular weight excluding hydrogens is 210 g/mol. The van der Waals surface area contributed by atoms with Gasteiger partial charge in [-0.05, 0) is 18.2 Å². The van der Waals surface area contributed by atoms with E-state index >= 15 is 0 Å². The number of nitrogens with zero attached hydrogens (tertiary/aromatic N) is 2. The number of aromatic amines is 1. The number of aromatic nitrogens is 3. The standard InChI is InChI=1S/C10H9N3O3/c14-9-8(10(15)16)3-2-7(12-9)6-13-5-1-4-11-13/h1-5H,6H2,(H,12,14)(H,15,16). The topological polar surface area (TPSA) is 88.0 Å². The molecule has 0 atom stereocenters. The molecule has 2 rings (SSSR count). The third-order valence-electron chi connectivity index (χ3n) is 2.09. The Bertz CT molecular complexity index is 557. The molecule has 0 saturated heterocycles. The maximum Gasteiger partial charge on any atom is 0.341 e. The molecule has 0 unspecified atom stereocenters.